The van der Waals surface area contributed by atoms with Crippen molar-refractivity contribution in [2.45, 2.75) is 0 Å². The third-order valence-electron chi connectivity index (χ3n) is 3.64. The lowest BCUT2D eigenvalue weighted by Crippen LogP contribution is -2.11. The molecule has 6 heteroatoms. The summed E-state index contributed by atoms with van der Waals surface area (Å²) in [7, 11) is 1.60. The fraction of sp³-hybridized carbons (Fsp3) is 0.0588. The van der Waals surface area contributed by atoms with E-state index in [1.807, 2.05) is 18.2 Å². The van der Waals surface area contributed by atoms with Crippen molar-refractivity contribution in [2.75, 3.05) is 7.11 Å². The summed E-state index contributed by atoms with van der Waals surface area (Å²) < 4.78 is 6.65. The molecule has 0 amide bonds. The van der Waals surface area contributed by atoms with E-state index in [0.29, 0.717) is 27.9 Å². The standard InChI is InChI=1S/C17H12N4O2/c1-23-11-5-6-13-15(9-11)20-16-12(3-2-4-14(16)19-13)17(22)21-8-7-18-10-21/h2-10H,1H3. The summed E-state index contributed by atoms with van der Waals surface area (Å²) in [5.41, 5.74) is 3.16. The quantitative estimate of drug-likeness (QED) is 0.532. The fourth-order valence-corrected chi connectivity index (χ4v) is 2.49. The third-order valence-corrected chi connectivity index (χ3v) is 3.64. The van der Waals surface area contributed by atoms with Gasteiger partial charge in [0.25, 0.3) is 5.91 Å². The number of benzene rings is 2. The van der Waals surface area contributed by atoms with Gasteiger partial charge in [-0.3, -0.25) is 9.36 Å². The van der Waals surface area contributed by atoms with Crippen LogP contribution in [0.3, 0.4) is 0 Å². The van der Waals surface area contributed by atoms with Gasteiger partial charge in [0.2, 0.25) is 0 Å². The number of methoxy groups -OCH3 is 1. The van der Waals surface area contributed by atoms with Crippen LogP contribution in [0.4, 0.5) is 0 Å². The van der Waals surface area contributed by atoms with Crippen molar-refractivity contribution in [3.8, 4) is 5.75 Å². The number of para-hydroxylation sites is 1. The maximum atomic E-state index is 12.6. The maximum absolute atomic E-state index is 12.6. The average Bonchev–Trinajstić information content (AvgIpc) is 3.13. The minimum Gasteiger partial charge on any atom is -0.497 e. The number of hydrogen-bond acceptors (Lipinski definition) is 5. The van der Waals surface area contributed by atoms with Gasteiger partial charge in [-0.15, -0.1) is 0 Å². The van der Waals surface area contributed by atoms with Crippen LogP contribution in [0.1, 0.15) is 10.4 Å². The van der Waals surface area contributed by atoms with Crippen molar-refractivity contribution in [1.29, 1.82) is 0 Å². The predicted octanol–water partition coefficient (Wildman–Crippen LogP) is 2.68. The van der Waals surface area contributed by atoms with Crippen molar-refractivity contribution in [3.63, 3.8) is 0 Å². The number of ether oxygens (including phenoxy) is 1. The van der Waals surface area contributed by atoms with Crippen LogP contribution < -0.4 is 4.74 Å². The van der Waals surface area contributed by atoms with Crippen molar-refractivity contribution in [3.05, 3.63) is 60.7 Å². The van der Waals surface area contributed by atoms with E-state index in [4.69, 9.17) is 4.74 Å². The van der Waals surface area contributed by atoms with Gasteiger partial charge in [-0.2, -0.15) is 0 Å². The zero-order chi connectivity index (χ0) is 15.8. The average molecular weight is 304 g/mol. The van der Waals surface area contributed by atoms with Crippen LogP contribution in [0.25, 0.3) is 22.1 Å². The molecule has 4 aromatic rings. The zero-order valence-corrected chi connectivity index (χ0v) is 12.3. The molecule has 4 rings (SSSR count). The molecular weight excluding hydrogens is 292 g/mol. The Morgan fingerprint density at radius 3 is 2.78 bits per heavy atom. The van der Waals surface area contributed by atoms with Crippen molar-refractivity contribution in [1.82, 2.24) is 19.5 Å². The van der Waals surface area contributed by atoms with Gasteiger partial charge < -0.3 is 4.74 Å². The number of aromatic nitrogens is 4. The van der Waals surface area contributed by atoms with Crippen LogP contribution in [0.2, 0.25) is 0 Å². The van der Waals surface area contributed by atoms with E-state index >= 15 is 0 Å². The Bertz CT molecular complexity index is 1030. The third kappa shape index (κ3) is 2.20. The Labute approximate surface area is 131 Å². The van der Waals surface area contributed by atoms with Crippen LogP contribution >= 0.6 is 0 Å². The molecule has 0 unspecified atom stereocenters. The van der Waals surface area contributed by atoms with Crippen LogP contribution in [-0.2, 0) is 0 Å². The van der Waals surface area contributed by atoms with Crippen molar-refractivity contribution >= 4 is 28.0 Å². The Balaban J connectivity index is 1.98. The van der Waals surface area contributed by atoms with Gasteiger partial charge in [-0.1, -0.05) is 6.07 Å². The SMILES string of the molecule is COc1ccc2nc3cccc(C(=O)n4ccnc4)c3nc2c1. The number of hydrogen-bond donors (Lipinski definition) is 0. The molecule has 0 saturated heterocycles. The topological polar surface area (TPSA) is 69.9 Å². The summed E-state index contributed by atoms with van der Waals surface area (Å²) in [6, 6.07) is 10.9. The first-order valence-corrected chi connectivity index (χ1v) is 7.03. The molecule has 0 N–H and O–H groups in total. The van der Waals surface area contributed by atoms with E-state index in [1.54, 1.807) is 37.7 Å². The van der Waals surface area contributed by atoms with E-state index in [9.17, 15) is 4.79 Å². The lowest BCUT2D eigenvalue weighted by molar-refractivity contribution is 0.0961. The minimum atomic E-state index is -0.190. The molecular formula is C17H12N4O2. The Hall–Kier alpha value is -3.28. The predicted molar refractivity (Wildman–Crippen MR) is 85.6 cm³/mol. The maximum Gasteiger partial charge on any atom is 0.265 e. The molecule has 6 nitrogen and oxygen atoms in total. The van der Waals surface area contributed by atoms with Gasteiger partial charge in [0.15, 0.2) is 0 Å². The van der Waals surface area contributed by atoms with Crippen molar-refractivity contribution in [2.24, 2.45) is 0 Å². The summed E-state index contributed by atoms with van der Waals surface area (Å²) in [5.74, 6) is 0.509. The molecule has 23 heavy (non-hydrogen) atoms. The van der Waals surface area contributed by atoms with E-state index < -0.39 is 0 Å². The Kier molecular flexibility index (Phi) is 3.01. The molecule has 0 aliphatic rings. The zero-order valence-electron chi connectivity index (χ0n) is 12.3. The highest BCUT2D eigenvalue weighted by Gasteiger charge is 2.14. The summed E-state index contributed by atoms with van der Waals surface area (Å²) in [6.45, 7) is 0. The van der Waals surface area contributed by atoms with Gasteiger partial charge in [0.1, 0.15) is 17.6 Å². The van der Waals surface area contributed by atoms with Gasteiger partial charge >= 0.3 is 0 Å². The normalized spacial score (nSPS) is 11.0. The molecule has 0 bridgehead atoms. The number of nitrogens with zero attached hydrogens (tertiary/aromatic N) is 4. The van der Waals surface area contributed by atoms with E-state index in [1.165, 1.54) is 10.9 Å². The van der Waals surface area contributed by atoms with E-state index in [2.05, 4.69) is 15.0 Å². The summed E-state index contributed by atoms with van der Waals surface area (Å²) in [4.78, 5) is 25.7. The van der Waals surface area contributed by atoms with E-state index in [0.717, 1.165) is 5.52 Å². The highest BCUT2D eigenvalue weighted by molar-refractivity contribution is 6.06. The summed E-state index contributed by atoms with van der Waals surface area (Å²) in [5, 5.41) is 0. The number of fused-ring (bicyclic) bond motifs is 2. The molecule has 112 valence electrons. The highest BCUT2D eigenvalue weighted by atomic mass is 16.5. The molecule has 0 fully saturated rings. The second-order valence-corrected chi connectivity index (χ2v) is 5.03. The van der Waals surface area contributed by atoms with Crippen molar-refractivity contribution < 1.29 is 9.53 Å². The van der Waals surface area contributed by atoms with Gasteiger partial charge in [-0.05, 0) is 24.3 Å². The van der Waals surface area contributed by atoms with Crippen LogP contribution in [0.5, 0.6) is 5.75 Å². The lowest BCUT2D eigenvalue weighted by atomic mass is 10.1. The van der Waals surface area contributed by atoms with Crippen LogP contribution in [-0.4, -0.2) is 32.5 Å². The second kappa shape index (κ2) is 5.17. The van der Waals surface area contributed by atoms with Gasteiger partial charge in [0, 0.05) is 18.5 Å². The van der Waals surface area contributed by atoms with Gasteiger partial charge in [-0.25, -0.2) is 15.0 Å². The number of carbonyl (C=O) groups is 1. The Morgan fingerprint density at radius 1 is 1.09 bits per heavy atom. The number of rotatable bonds is 2. The first kappa shape index (κ1) is 13.4. The lowest BCUT2D eigenvalue weighted by Gasteiger charge is -2.07. The second-order valence-electron chi connectivity index (χ2n) is 5.03. The largest absolute Gasteiger partial charge is 0.497 e. The molecule has 0 spiro atoms. The van der Waals surface area contributed by atoms with Crippen LogP contribution in [0, 0.1) is 0 Å². The molecule has 2 aromatic heterocycles. The molecule has 2 heterocycles. The summed E-state index contributed by atoms with van der Waals surface area (Å²) in [6.07, 6.45) is 4.65. The molecule has 0 aliphatic carbocycles. The Morgan fingerprint density at radius 2 is 2.00 bits per heavy atom. The smallest absolute Gasteiger partial charge is 0.265 e. The fourth-order valence-electron chi connectivity index (χ4n) is 2.49. The minimum absolute atomic E-state index is 0.190. The molecule has 2 aromatic carbocycles. The van der Waals surface area contributed by atoms with Crippen LogP contribution in [0.15, 0.2) is 55.1 Å². The summed E-state index contributed by atoms with van der Waals surface area (Å²) >= 11 is 0. The van der Waals surface area contributed by atoms with Gasteiger partial charge in [0.05, 0.1) is 29.2 Å². The molecule has 0 radical (unpaired) electrons. The van der Waals surface area contributed by atoms with E-state index in [-0.39, 0.29) is 5.91 Å². The highest BCUT2D eigenvalue weighted by Crippen LogP contribution is 2.23. The first-order valence-electron chi connectivity index (χ1n) is 7.03. The monoisotopic (exact) mass is 304 g/mol. The molecule has 0 saturated carbocycles. The number of imidazole rings is 1. The number of carbonyl (C=O) groups excluding carboxylic acids is 1. The first-order chi connectivity index (χ1) is 11.3. The molecule has 0 aliphatic heterocycles. The molecule has 0 atom stereocenters.